The summed E-state index contributed by atoms with van der Waals surface area (Å²) < 4.78 is 37.5. The van der Waals surface area contributed by atoms with Crippen molar-refractivity contribution in [3.63, 3.8) is 0 Å². The monoisotopic (exact) mass is 464 g/mol. The highest BCUT2D eigenvalue weighted by molar-refractivity contribution is 7.91. The molecule has 0 fully saturated rings. The van der Waals surface area contributed by atoms with Crippen LogP contribution in [0.25, 0.3) is 0 Å². The molecule has 0 bridgehead atoms. The molecular formula is C25H26N3O4S+. The molecule has 2 aromatic carbocycles. The van der Waals surface area contributed by atoms with E-state index in [2.05, 4.69) is 4.98 Å². The van der Waals surface area contributed by atoms with Crippen LogP contribution in [0.15, 0.2) is 96.9 Å². The van der Waals surface area contributed by atoms with E-state index in [0.29, 0.717) is 35.4 Å². The van der Waals surface area contributed by atoms with Crippen molar-refractivity contribution in [1.82, 2.24) is 8.87 Å². The molecule has 0 aliphatic carbocycles. The molecule has 2 N–H and O–H groups in total. The number of hydrogen-bond acceptors (Lipinski definition) is 6. The van der Waals surface area contributed by atoms with E-state index in [9.17, 15) is 8.42 Å². The van der Waals surface area contributed by atoms with E-state index >= 15 is 0 Å². The third kappa shape index (κ3) is 4.83. The Morgan fingerprint density at radius 2 is 1.58 bits per heavy atom. The maximum absolute atomic E-state index is 13.1. The molecule has 1 aliphatic heterocycles. The number of nitrogens with zero attached hydrogens (tertiary/aromatic N) is 2. The fourth-order valence-corrected chi connectivity index (χ4v) is 5.13. The van der Waals surface area contributed by atoms with Gasteiger partial charge in [0.1, 0.15) is 30.0 Å². The first kappa shape index (κ1) is 22.7. The molecule has 0 saturated heterocycles. The molecule has 170 valence electrons. The summed E-state index contributed by atoms with van der Waals surface area (Å²) >= 11 is 0. The van der Waals surface area contributed by atoms with E-state index in [-0.39, 0.29) is 16.2 Å². The van der Waals surface area contributed by atoms with Crippen LogP contribution in [-0.4, -0.2) is 32.2 Å². The molecule has 1 atom stereocenters. The topological polar surface area (TPSA) is 91.5 Å². The van der Waals surface area contributed by atoms with Gasteiger partial charge in [0.15, 0.2) is 5.69 Å². The highest BCUT2D eigenvalue weighted by Gasteiger charge is 2.42. The largest absolute Gasteiger partial charge is 0.457 e. The number of benzene rings is 2. The van der Waals surface area contributed by atoms with Crippen LogP contribution in [0.3, 0.4) is 0 Å². The fraction of sp³-hybridized carbons (Fsp3) is 0.160. The van der Waals surface area contributed by atoms with Crippen LogP contribution in [0.4, 0.5) is 5.69 Å². The third-order valence-electron chi connectivity index (χ3n) is 5.37. The summed E-state index contributed by atoms with van der Waals surface area (Å²) in [4.78, 5) is 4.14. The summed E-state index contributed by atoms with van der Waals surface area (Å²) in [6, 6.07) is 19.8. The second-order valence-corrected chi connectivity index (χ2v) is 9.89. The van der Waals surface area contributed by atoms with Gasteiger partial charge in [0, 0.05) is 36.5 Å². The zero-order chi connectivity index (χ0) is 23.3. The minimum Gasteiger partial charge on any atom is -0.457 e. The van der Waals surface area contributed by atoms with E-state index < -0.39 is 10.0 Å². The first-order chi connectivity index (χ1) is 16.0. The second kappa shape index (κ2) is 9.58. The predicted molar refractivity (Wildman–Crippen MR) is 130 cm³/mol. The van der Waals surface area contributed by atoms with Crippen molar-refractivity contribution in [1.29, 1.82) is 0 Å². The van der Waals surface area contributed by atoms with E-state index in [1.807, 2.05) is 24.3 Å². The van der Waals surface area contributed by atoms with Crippen molar-refractivity contribution >= 4 is 15.7 Å². The molecule has 7 nitrogen and oxygen atoms in total. The SMILES string of the molecule is CCS(=O)(=O)[N+]1(c2ccc(Oc3ccc(Oc4ccccn4)cc3)cc2)C=C(CN)C=CC1. The van der Waals surface area contributed by atoms with Gasteiger partial charge in [-0.25, -0.2) is 4.98 Å². The van der Waals surface area contributed by atoms with Gasteiger partial charge < -0.3 is 15.2 Å². The number of quaternary nitrogens is 1. The molecule has 0 amide bonds. The summed E-state index contributed by atoms with van der Waals surface area (Å²) in [6.45, 7) is 2.25. The van der Waals surface area contributed by atoms with Gasteiger partial charge in [0.05, 0.1) is 5.75 Å². The number of ether oxygens (including phenoxy) is 2. The Kier molecular flexibility index (Phi) is 6.60. The smallest absolute Gasteiger partial charge is 0.306 e. The van der Waals surface area contributed by atoms with E-state index in [1.54, 1.807) is 73.9 Å². The molecule has 3 aromatic rings. The first-order valence-corrected chi connectivity index (χ1v) is 12.2. The van der Waals surface area contributed by atoms with Gasteiger partial charge in [0.25, 0.3) is 0 Å². The summed E-state index contributed by atoms with van der Waals surface area (Å²) in [7, 11) is -3.49. The summed E-state index contributed by atoms with van der Waals surface area (Å²) in [5, 5.41) is 0. The Labute approximate surface area is 194 Å². The van der Waals surface area contributed by atoms with Crippen LogP contribution in [0, 0.1) is 0 Å². The van der Waals surface area contributed by atoms with Crippen LogP contribution in [0.1, 0.15) is 6.92 Å². The quantitative estimate of drug-likeness (QED) is 0.485. The first-order valence-electron chi connectivity index (χ1n) is 10.6. The highest BCUT2D eigenvalue weighted by atomic mass is 32.2. The van der Waals surface area contributed by atoms with E-state index in [1.165, 1.54) is 0 Å². The highest BCUT2D eigenvalue weighted by Crippen LogP contribution is 2.35. The molecule has 0 spiro atoms. The average Bonchev–Trinajstić information content (AvgIpc) is 2.86. The van der Waals surface area contributed by atoms with Gasteiger partial charge in [-0.05, 0) is 55.5 Å². The number of aromatic nitrogens is 1. The lowest BCUT2D eigenvalue weighted by Gasteiger charge is -2.34. The fourth-order valence-electron chi connectivity index (χ4n) is 3.62. The number of sulfonamides is 1. The molecule has 1 unspecified atom stereocenters. The van der Waals surface area contributed by atoms with Crippen molar-refractivity contribution in [3.05, 3.63) is 96.9 Å². The minimum absolute atomic E-state index is 0.0142. The average molecular weight is 465 g/mol. The second-order valence-electron chi connectivity index (χ2n) is 7.50. The zero-order valence-corrected chi connectivity index (χ0v) is 19.1. The molecular weight excluding hydrogens is 438 g/mol. The lowest BCUT2D eigenvalue weighted by Crippen LogP contribution is -2.51. The maximum atomic E-state index is 13.1. The maximum Gasteiger partial charge on any atom is 0.306 e. The van der Waals surface area contributed by atoms with Crippen molar-refractivity contribution in [2.45, 2.75) is 6.92 Å². The summed E-state index contributed by atoms with van der Waals surface area (Å²) in [5.41, 5.74) is 7.22. The molecule has 33 heavy (non-hydrogen) atoms. The molecule has 0 saturated carbocycles. The molecule has 4 rings (SSSR count). The van der Waals surface area contributed by atoms with Gasteiger partial charge in [-0.1, -0.05) is 12.1 Å². The van der Waals surface area contributed by atoms with Crippen LogP contribution in [0.5, 0.6) is 23.1 Å². The molecule has 8 heteroatoms. The lowest BCUT2D eigenvalue weighted by molar-refractivity contribution is 0.456. The van der Waals surface area contributed by atoms with Crippen LogP contribution in [-0.2, 0) is 10.0 Å². The summed E-state index contributed by atoms with van der Waals surface area (Å²) in [5.74, 6) is 2.40. The molecule has 1 aromatic heterocycles. The minimum atomic E-state index is -3.49. The molecule has 1 aliphatic rings. The van der Waals surface area contributed by atoms with Crippen molar-refractivity contribution < 1.29 is 17.9 Å². The van der Waals surface area contributed by atoms with Crippen LogP contribution < -0.4 is 19.1 Å². The van der Waals surface area contributed by atoms with Crippen LogP contribution in [0.2, 0.25) is 0 Å². The predicted octanol–water partition coefficient (Wildman–Crippen LogP) is 4.74. The Bertz CT molecular complexity index is 1260. The number of pyridine rings is 1. The van der Waals surface area contributed by atoms with Gasteiger partial charge in [-0.15, -0.1) is 0 Å². The van der Waals surface area contributed by atoms with Crippen molar-refractivity contribution in [3.8, 4) is 23.1 Å². The number of hydrogen-bond donors (Lipinski definition) is 1. The normalized spacial score (nSPS) is 17.9. The Morgan fingerprint density at radius 1 is 0.939 bits per heavy atom. The number of nitrogens with two attached hydrogens (primary N) is 1. The van der Waals surface area contributed by atoms with Crippen molar-refractivity contribution in [2.24, 2.45) is 5.73 Å². The van der Waals surface area contributed by atoms with Gasteiger partial charge in [-0.2, -0.15) is 12.3 Å². The Morgan fingerprint density at radius 3 is 2.15 bits per heavy atom. The molecule has 0 radical (unpaired) electrons. The Hall–Kier alpha value is -3.46. The number of rotatable bonds is 8. The van der Waals surface area contributed by atoms with Gasteiger partial charge in [-0.3, -0.25) is 0 Å². The van der Waals surface area contributed by atoms with Crippen LogP contribution >= 0.6 is 0 Å². The van der Waals surface area contributed by atoms with E-state index in [0.717, 1.165) is 5.57 Å². The standard InChI is InChI=1S/C25H26N3O4S/c1-2-33(29,30)28(17-5-6-20(18-26)19-28)21-8-10-22(11-9-21)31-23-12-14-24(15-13-23)32-25-7-3-4-16-27-25/h3-16,19H,2,17-18,26H2,1H3/q+1. The van der Waals surface area contributed by atoms with Crippen molar-refractivity contribution in [2.75, 3.05) is 18.8 Å². The summed E-state index contributed by atoms with van der Waals surface area (Å²) in [6.07, 6.45) is 7.13. The third-order valence-corrected chi connectivity index (χ3v) is 7.56. The Balaban J connectivity index is 1.53. The van der Waals surface area contributed by atoms with Gasteiger partial charge >= 0.3 is 10.0 Å². The van der Waals surface area contributed by atoms with Gasteiger partial charge in [0.2, 0.25) is 5.88 Å². The zero-order valence-electron chi connectivity index (χ0n) is 18.3. The lowest BCUT2D eigenvalue weighted by atomic mass is 10.2. The van der Waals surface area contributed by atoms with E-state index in [4.69, 9.17) is 15.2 Å². The molecule has 2 heterocycles.